The lowest BCUT2D eigenvalue weighted by atomic mass is 9.86. The molecule has 13 nitrogen and oxygen atoms in total. The average Bonchev–Trinajstić information content (AvgIpc) is 3.71. The molecule has 0 aliphatic carbocycles. The highest BCUT2D eigenvalue weighted by Gasteiger charge is 2.50. The van der Waals surface area contributed by atoms with Gasteiger partial charge in [0.25, 0.3) is 10.1 Å². The van der Waals surface area contributed by atoms with Gasteiger partial charge in [0.2, 0.25) is 0 Å². The molecule has 0 amide bonds. The molecule has 2 saturated heterocycles. The van der Waals surface area contributed by atoms with Crippen molar-refractivity contribution >= 4 is 42.6 Å². The number of aliphatic hydroxyl groups excluding tert-OH is 1. The Kier molecular flexibility index (Phi) is 21.6. The van der Waals surface area contributed by atoms with Gasteiger partial charge < -0.3 is 32.9 Å². The van der Waals surface area contributed by atoms with E-state index >= 15 is 0 Å². The molecular formula is C51H90O13S2Si2. The first kappa shape index (κ1) is 60.5. The summed E-state index contributed by atoms with van der Waals surface area (Å²) in [6, 6.07) is 8.32. The molecule has 1 aromatic rings. The second-order valence-electron chi connectivity index (χ2n) is 23.6. The second kappa shape index (κ2) is 24.3. The van der Waals surface area contributed by atoms with E-state index in [9.17, 15) is 26.7 Å². The van der Waals surface area contributed by atoms with E-state index < -0.39 is 84.4 Å². The van der Waals surface area contributed by atoms with Crippen LogP contribution in [0.4, 0.5) is 0 Å². The molecule has 1 aromatic carbocycles. The van der Waals surface area contributed by atoms with Gasteiger partial charge in [-0.3, -0.25) is 8.98 Å². The molecule has 0 radical (unpaired) electrons. The zero-order chi connectivity index (χ0) is 51.8. The Balaban J connectivity index is 1.82. The van der Waals surface area contributed by atoms with Gasteiger partial charge in [0.05, 0.1) is 84.4 Å². The number of hydrogen-bond acceptors (Lipinski definition) is 13. The Morgan fingerprint density at radius 2 is 1.49 bits per heavy atom. The third-order valence-electron chi connectivity index (χ3n) is 14.6. The van der Waals surface area contributed by atoms with Crippen LogP contribution in [-0.4, -0.2) is 126 Å². The first-order valence-corrected chi connectivity index (χ1v) is 33.8. The van der Waals surface area contributed by atoms with Gasteiger partial charge in [-0.15, -0.1) is 0 Å². The molecule has 3 rings (SSSR count). The van der Waals surface area contributed by atoms with Crippen LogP contribution in [0.25, 0.3) is 0 Å². The number of hydrogen-bond donors (Lipinski definition) is 1. The molecule has 2 fully saturated rings. The summed E-state index contributed by atoms with van der Waals surface area (Å²) in [6.45, 7) is 38.5. The molecule has 2 aliphatic rings. The maximum absolute atomic E-state index is 14.1. The molecule has 2 unspecified atom stereocenters. The Morgan fingerprint density at radius 3 is 2.03 bits per heavy atom. The van der Waals surface area contributed by atoms with Crippen molar-refractivity contribution in [2.24, 2.45) is 17.3 Å². The fourth-order valence-electron chi connectivity index (χ4n) is 8.31. The van der Waals surface area contributed by atoms with Crippen LogP contribution in [0.3, 0.4) is 0 Å². The van der Waals surface area contributed by atoms with Crippen LogP contribution in [0.1, 0.15) is 121 Å². The van der Waals surface area contributed by atoms with E-state index in [0.717, 1.165) is 11.8 Å². The molecule has 0 saturated carbocycles. The summed E-state index contributed by atoms with van der Waals surface area (Å²) in [6.07, 6.45) is -0.0837. The van der Waals surface area contributed by atoms with Crippen LogP contribution in [0.15, 0.2) is 59.5 Å². The van der Waals surface area contributed by atoms with Crippen molar-refractivity contribution in [3.63, 3.8) is 0 Å². The Hall–Kier alpha value is -1.78. The van der Waals surface area contributed by atoms with Gasteiger partial charge in [0.15, 0.2) is 26.5 Å². The maximum Gasteiger partial charge on any atom is 0.311 e. The van der Waals surface area contributed by atoms with Crippen molar-refractivity contribution in [3.8, 4) is 0 Å². The summed E-state index contributed by atoms with van der Waals surface area (Å²) in [7, 11) is -10.6. The lowest BCUT2D eigenvalue weighted by molar-refractivity contribution is -0.153. The van der Waals surface area contributed by atoms with Crippen LogP contribution in [-0.2, 0) is 56.7 Å². The van der Waals surface area contributed by atoms with Gasteiger partial charge in [-0.25, -0.2) is 8.42 Å². The van der Waals surface area contributed by atoms with Crippen molar-refractivity contribution in [1.82, 2.24) is 0 Å². The van der Waals surface area contributed by atoms with Crippen molar-refractivity contribution in [1.29, 1.82) is 0 Å². The minimum Gasteiger partial charge on any atom is -0.465 e. The topological polar surface area (TPSA) is 170 Å². The fraction of sp³-hybridized carbons (Fsp3) is 0.784. The average molecular weight is 1030 g/mol. The lowest BCUT2D eigenvalue weighted by Gasteiger charge is -2.42. The molecule has 2 heterocycles. The molecule has 2 aliphatic heterocycles. The molecule has 0 bridgehead atoms. The van der Waals surface area contributed by atoms with E-state index in [-0.39, 0.29) is 57.8 Å². The van der Waals surface area contributed by atoms with Crippen molar-refractivity contribution in [2.45, 2.75) is 211 Å². The largest absolute Gasteiger partial charge is 0.465 e. The molecule has 392 valence electrons. The molecule has 10 atom stereocenters. The number of carbonyl (C=O) groups excluding carboxylic acids is 1. The molecular weight excluding hydrogens is 941 g/mol. The number of ether oxygens (including phenoxy) is 4. The summed E-state index contributed by atoms with van der Waals surface area (Å²) in [4.78, 5) is 12.4. The summed E-state index contributed by atoms with van der Waals surface area (Å²) < 4.78 is 97.5. The molecule has 0 spiro atoms. The summed E-state index contributed by atoms with van der Waals surface area (Å²) >= 11 is 0. The quantitative estimate of drug-likeness (QED) is 0.0306. The standard InChI is InChI=1S/C51H90O13S2Si2/c1-35(29-39(63-65(14,54)55)26-27-44-36(2)30-38(61-44)23-22-28-59-48(53)49(4,5)6)37(3)43(52)32-45-42(34-66(56,57)41-24-20-19-21-25-41)47(58-13)46(62-45)31-40(64-68(17,18)51(10,11)12)33-60-67(15,16)50(7,8)9/h19-21,24-25,35,38-40,42-47,52H,2-3,22-23,26-34H2,1,4-18H3/t35-,38+,39-,40+,42+,43?,44?,45+,46-,47-/m1/s1. The van der Waals surface area contributed by atoms with Gasteiger partial charge in [-0.2, -0.15) is 8.42 Å². The summed E-state index contributed by atoms with van der Waals surface area (Å²) in [5.41, 5.74) is 0.802. The first-order chi connectivity index (χ1) is 31.0. The minimum atomic E-state index is -3.85. The highest BCUT2D eigenvalue weighted by Crippen LogP contribution is 2.43. The van der Waals surface area contributed by atoms with E-state index in [0.29, 0.717) is 57.3 Å². The van der Waals surface area contributed by atoms with Gasteiger partial charge >= 0.3 is 5.97 Å². The van der Waals surface area contributed by atoms with E-state index in [4.69, 9.17) is 32.0 Å². The highest BCUT2D eigenvalue weighted by molar-refractivity contribution is 7.91. The maximum atomic E-state index is 14.1. The van der Waals surface area contributed by atoms with E-state index in [1.54, 1.807) is 37.4 Å². The van der Waals surface area contributed by atoms with Crippen LogP contribution < -0.4 is 0 Å². The Morgan fingerprint density at radius 1 is 0.882 bits per heavy atom. The number of methoxy groups -OCH3 is 1. The number of aliphatic hydroxyl groups is 1. The number of carbonyl (C=O) groups is 1. The van der Waals surface area contributed by atoms with Crippen LogP contribution in [0, 0.1) is 17.3 Å². The van der Waals surface area contributed by atoms with E-state index in [2.05, 4.69) is 80.9 Å². The van der Waals surface area contributed by atoms with E-state index in [1.165, 1.54) is 0 Å². The van der Waals surface area contributed by atoms with Gasteiger partial charge in [-0.1, -0.05) is 79.8 Å². The van der Waals surface area contributed by atoms with Crippen molar-refractivity contribution in [2.75, 3.05) is 32.3 Å². The molecule has 17 heteroatoms. The van der Waals surface area contributed by atoms with Crippen LogP contribution in [0.5, 0.6) is 0 Å². The zero-order valence-corrected chi connectivity index (χ0v) is 48.1. The molecule has 0 aromatic heterocycles. The number of benzene rings is 1. The lowest BCUT2D eigenvalue weighted by Crippen LogP contribution is -2.49. The highest BCUT2D eigenvalue weighted by atomic mass is 32.2. The van der Waals surface area contributed by atoms with E-state index in [1.807, 2.05) is 27.7 Å². The van der Waals surface area contributed by atoms with Crippen LogP contribution in [0.2, 0.25) is 36.3 Å². The Labute approximate surface area is 414 Å². The van der Waals surface area contributed by atoms with Crippen molar-refractivity contribution < 1.29 is 58.7 Å². The molecule has 1 N–H and O–H groups in total. The smallest absolute Gasteiger partial charge is 0.311 e. The number of rotatable bonds is 26. The summed E-state index contributed by atoms with van der Waals surface area (Å²) in [5, 5.41) is 11.8. The predicted octanol–water partition coefficient (Wildman–Crippen LogP) is 10.2. The minimum absolute atomic E-state index is 0.0297. The van der Waals surface area contributed by atoms with Gasteiger partial charge in [0, 0.05) is 25.9 Å². The second-order valence-corrected chi connectivity index (χ2v) is 36.8. The SMILES string of the molecule is C=C1C[C@H](CCCOC(=O)C(C)(C)C)OC1CC[C@H](C[C@@H](C)C(=C)C(O)C[C@@H]1O[C@H](C[C@@H](CO[Si](C)(C)C(C)(C)C)O[Si](C)(C)C(C)(C)C)[C@H](OC)[C@H]1CS(=O)(=O)c1ccccc1)OS(C)(=O)=O. The van der Waals surface area contributed by atoms with Gasteiger partial charge in [0.1, 0.15) is 0 Å². The van der Waals surface area contributed by atoms with Gasteiger partial charge in [-0.05, 0) is 125 Å². The first-order valence-electron chi connectivity index (χ1n) is 24.5. The monoisotopic (exact) mass is 1030 g/mol. The third kappa shape index (κ3) is 18.1. The van der Waals surface area contributed by atoms with Crippen molar-refractivity contribution in [3.05, 3.63) is 54.6 Å². The number of esters is 1. The Bertz CT molecular complexity index is 2020. The normalized spacial score (nSPS) is 24.2. The third-order valence-corrected chi connectivity index (χ3v) is 26.1. The number of sulfone groups is 1. The fourth-order valence-corrected chi connectivity index (χ4v) is 13.0. The molecule has 68 heavy (non-hydrogen) atoms. The zero-order valence-electron chi connectivity index (χ0n) is 44.5. The van der Waals surface area contributed by atoms with Crippen LogP contribution >= 0.6 is 0 Å². The predicted molar refractivity (Wildman–Crippen MR) is 276 cm³/mol. The summed E-state index contributed by atoms with van der Waals surface area (Å²) in [5.74, 6) is -1.58.